The molecular weight excluding hydrogens is 486 g/mol. The number of hydrogen-bond donors (Lipinski definition) is 2. The Balaban J connectivity index is 1.38. The first-order valence-corrected chi connectivity index (χ1v) is 13.9. The fourth-order valence-corrected chi connectivity index (χ4v) is 6.49. The zero-order chi connectivity index (χ0) is 26.9. The zero-order valence-electron chi connectivity index (χ0n) is 22.5. The Labute approximate surface area is 224 Å². The highest BCUT2D eigenvalue weighted by atomic mass is 16.5. The van der Waals surface area contributed by atoms with Crippen LogP contribution in [0.3, 0.4) is 0 Å². The molecule has 1 saturated carbocycles. The number of benzene rings is 1. The molecule has 2 saturated heterocycles. The predicted molar refractivity (Wildman–Crippen MR) is 142 cm³/mol. The molecule has 9 heteroatoms. The van der Waals surface area contributed by atoms with Crippen LogP contribution in [0.25, 0.3) is 0 Å². The van der Waals surface area contributed by atoms with Crippen molar-refractivity contribution < 1.29 is 28.6 Å². The third kappa shape index (κ3) is 4.94. The van der Waals surface area contributed by atoms with Crippen LogP contribution in [0, 0.1) is 11.8 Å². The van der Waals surface area contributed by atoms with Gasteiger partial charge in [0.15, 0.2) is 0 Å². The maximum Gasteiger partial charge on any atom is 0.246 e. The summed E-state index contributed by atoms with van der Waals surface area (Å²) in [5, 5.41) is 6.15. The van der Waals surface area contributed by atoms with Crippen molar-refractivity contribution in [3.8, 4) is 5.75 Å². The number of fused-ring (bicyclic) bond motifs is 1. The minimum Gasteiger partial charge on any atom is -0.497 e. The van der Waals surface area contributed by atoms with E-state index in [0.29, 0.717) is 31.0 Å². The van der Waals surface area contributed by atoms with Gasteiger partial charge in [-0.1, -0.05) is 31.4 Å². The molecule has 206 valence electrons. The number of ether oxygens (including phenoxy) is 3. The molecule has 1 aromatic carbocycles. The number of carbonyl (C=O) groups is 3. The van der Waals surface area contributed by atoms with Gasteiger partial charge < -0.3 is 29.7 Å². The quantitative estimate of drug-likeness (QED) is 0.359. The van der Waals surface area contributed by atoms with E-state index in [-0.39, 0.29) is 29.9 Å². The topological polar surface area (TPSA) is 106 Å². The first-order valence-electron chi connectivity index (χ1n) is 13.9. The monoisotopic (exact) mass is 525 g/mol. The molecular formula is C29H39N3O6. The van der Waals surface area contributed by atoms with Crippen molar-refractivity contribution in [1.29, 1.82) is 0 Å². The van der Waals surface area contributed by atoms with E-state index in [1.165, 1.54) is 6.42 Å². The molecule has 2 N–H and O–H groups in total. The van der Waals surface area contributed by atoms with Crippen molar-refractivity contribution in [3.63, 3.8) is 0 Å². The van der Waals surface area contributed by atoms with Gasteiger partial charge in [-0.25, -0.2) is 0 Å². The second kappa shape index (κ2) is 11.1. The lowest BCUT2D eigenvalue weighted by Gasteiger charge is -2.34. The molecule has 0 unspecified atom stereocenters. The first-order chi connectivity index (χ1) is 18.3. The van der Waals surface area contributed by atoms with Gasteiger partial charge in [0.05, 0.1) is 31.2 Å². The summed E-state index contributed by atoms with van der Waals surface area (Å²) in [6, 6.07) is 6.33. The van der Waals surface area contributed by atoms with E-state index in [1.807, 2.05) is 26.0 Å². The van der Waals surface area contributed by atoms with Crippen LogP contribution >= 0.6 is 0 Å². The van der Waals surface area contributed by atoms with Gasteiger partial charge in [-0.3, -0.25) is 14.4 Å². The lowest BCUT2D eigenvalue weighted by atomic mass is 9.74. The van der Waals surface area contributed by atoms with Gasteiger partial charge in [0.2, 0.25) is 17.7 Å². The predicted octanol–water partition coefficient (Wildman–Crippen LogP) is 3.05. The number of anilines is 1. The van der Waals surface area contributed by atoms with Gasteiger partial charge in [0, 0.05) is 24.9 Å². The lowest BCUT2D eigenvalue weighted by molar-refractivity contribution is -0.141. The van der Waals surface area contributed by atoms with Crippen molar-refractivity contribution in [2.24, 2.45) is 11.8 Å². The van der Waals surface area contributed by atoms with Gasteiger partial charge in [-0.2, -0.15) is 0 Å². The Hall–Kier alpha value is -2.91. The number of likely N-dealkylation sites (tertiary alicyclic amines) is 1. The van der Waals surface area contributed by atoms with E-state index in [9.17, 15) is 14.4 Å². The Kier molecular flexibility index (Phi) is 7.77. The Bertz CT molecular complexity index is 1070. The van der Waals surface area contributed by atoms with Crippen LogP contribution < -0.4 is 15.4 Å². The summed E-state index contributed by atoms with van der Waals surface area (Å²) in [7, 11) is 1.58. The molecule has 3 heterocycles. The van der Waals surface area contributed by atoms with E-state index >= 15 is 0 Å². The first kappa shape index (κ1) is 26.7. The molecule has 1 aromatic rings. The van der Waals surface area contributed by atoms with Crippen LogP contribution in [0.15, 0.2) is 36.4 Å². The summed E-state index contributed by atoms with van der Waals surface area (Å²) >= 11 is 0. The van der Waals surface area contributed by atoms with Gasteiger partial charge >= 0.3 is 0 Å². The van der Waals surface area contributed by atoms with Gasteiger partial charge in [0.25, 0.3) is 0 Å². The van der Waals surface area contributed by atoms with Gasteiger partial charge in [-0.15, -0.1) is 0 Å². The third-order valence-corrected chi connectivity index (χ3v) is 8.23. The molecule has 3 amide bonds. The number of hydrogen-bond acceptors (Lipinski definition) is 6. The van der Waals surface area contributed by atoms with E-state index in [2.05, 4.69) is 10.6 Å². The van der Waals surface area contributed by atoms with Gasteiger partial charge in [0.1, 0.15) is 17.4 Å². The van der Waals surface area contributed by atoms with Crippen LogP contribution in [0.4, 0.5) is 5.69 Å². The van der Waals surface area contributed by atoms with Crippen LogP contribution in [0.5, 0.6) is 5.75 Å². The number of carbonyl (C=O) groups excluding carboxylic acids is 3. The van der Waals surface area contributed by atoms with Gasteiger partial charge in [-0.05, 0) is 57.4 Å². The smallest absolute Gasteiger partial charge is 0.246 e. The minimum absolute atomic E-state index is 0.0838. The summed E-state index contributed by atoms with van der Waals surface area (Å²) in [6.07, 6.45) is 9.06. The second-order valence-corrected chi connectivity index (χ2v) is 11.1. The zero-order valence-corrected chi connectivity index (χ0v) is 22.5. The summed E-state index contributed by atoms with van der Waals surface area (Å²) in [6.45, 7) is 4.78. The maximum atomic E-state index is 14.0. The fraction of sp³-hybridized carbons (Fsp3) is 0.621. The lowest BCUT2D eigenvalue weighted by Crippen LogP contribution is -2.56. The molecule has 1 spiro atoms. The number of nitrogens with one attached hydrogen (secondary N) is 2. The fourth-order valence-electron chi connectivity index (χ4n) is 6.49. The molecule has 5 rings (SSSR count). The number of nitrogens with zero attached hydrogens (tertiary/aromatic N) is 1. The average molecular weight is 526 g/mol. The number of methoxy groups -OCH3 is 1. The van der Waals surface area contributed by atoms with E-state index in [1.54, 1.807) is 36.3 Å². The molecule has 0 aromatic heterocycles. The second-order valence-electron chi connectivity index (χ2n) is 11.1. The molecule has 0 radical (unpaired) electrons. The average Bonchev–Trinajstić information content (AvgIpc) is 3.55. The highest BCUT2D eigenvalue weighted by molar-refractivity contribution is 6.02. The minimum atomic E-state index is -1.15. The number of rotatable bonds is 10. The molecule has 3 fully saturated rings. The maximum absolute atomic E-state index is 14.0. The summed E-state index contributed by atoms with van der Waals surface area (Å²) < 4.78 is 17.3. The standard InChI is InChI=1S/C29H39N3O6/c1-18(2)37-17-7-16-32-25(27(34)31-19-8-5-4-6-9-19)29-15-14-22(38-29)23(24(29)28(32)35)26(33)30-20-10-12-21(36-3)13-11-20/h10-15,18-19,22-25H,4-9,16-17H2,1-3H3,(H,30,33)(H,31,34)/t22-,23+,24-,25-,29-/m1/s1. The summed E-state index contributed by atoms with van der Waals surface area (Å²) in [4.78, 5) is 42.9. The largest absolute Gasteiger partial charge is 0.497 e. The molecule has 4 aliphatic rings. The third-order valence-electron chi connectivity index (χ3n) is 8.23. The molecule has 3 aliphatic heterocycles. The van der Waals surface area contributed by atoms with Crippen LogP contribution in [0.2, 0.25) is 0 Å². The van der Waals surface area contributed by atoms with E-state index in [4.69, 9.17) is 14.2 Å². The van der Waals surface area contributed by atoms with Crippen LogP contribution in [-0.4, -0.2) is 72.8 Å². The molecule has 9 nitrogen and oxygen atoms in total. The van der Waals surface area contributed by atoms with E-state index in [0.717, 1.165) is 25.7 Å². The molecule has 2 bridgehead atoms. The normalized spacial score (nSPS) is 30.1. The molecule has 5 atom stereocenters. The molecule has 1 aliphatic carbocycles. The molecule has 38 heavy (non-hydrogen) atoms. The SMILES string of the molecule is COc1ccc(NC(=O)[C@H]2[C@H]3C=C[C@@]4(O3)[C@H]2C(=O)N(CCCOC(C)C)[C@@H]4C(=O)NC2CCCCC2)cc1. The Morgan fingerprint density at radius 2 is 1.87 bits per heavy atom. The highest BCUT2D eigenvalue weighted by Crippen LogP contribution is 2.55. The van der Waals surface area contributed by atoms with Crippen molar-refractivity contribution in [3.05, 3.63) is 36.4 Å². The summed E-state index contributed by atoms with van der Waals surface area (Å²) in [5.74, 6) is -1.50. The van der Waals surface area contributed by atoms with Crippen molar-refractivity contribution in [2.75, 3.05) is 25.6 Å². The van der Waals surface area contributed by atoms with Crippen LogP contribution in [-0.2, 0) is 23.9 Å². The Morgan fingerprint density at radius 1 is 1.13 bits per heavy atom. The Morgan fingerprint density at radius 3 is 2.55 bits per heavy atom. The number of amides is 3. The van der Waals surface area contributed by atoms with E-state index < -0.39 is 29.6 Å². The van der Waals surface area contributed by atoms with Crippen molar-refractivity contribution in [2.45, 2.75) is 82.3 Å². The highest BCUT2D eigenvalue weighted by Gasteiger charge is 2.72. The van der Waals surface area contributed by atoms with Crippen LogP contribution in [0.1, 0.15) is 52.4 Å². The van der Waals surface area contributed by atoms with Crippen molar-refractivity contribution in [1.82, 2.24) is 10.2 Å². The summed E-state index contributed by atoms with van der Waals surface area (Å²) in [5.41, 5.74) is -0.544. The van der Waals surface area contributed by atoms with Crippen molar-refractivity contribution >= 4 is 23.4 Å².